The lowest BCUT2D eigenvalue weighted by Gasteiger charge is -2.35. The number of fused-ring (bicyclic) bond motifs is 1. The van der Waals surface area contributed by atoms with Gasteiger partial charge >= 0.3 is 0 Å². The SMILES string of the molecule is Cc1nc([C@@H]2CN(C(=O)[C@H]3SCCc4ccccc43)CCO2)n[nH]1. The van der Waals surface area contributed by atoms with Crippen molar-refractivity contribution in [1.82, 2.24) is 20.1 Å². The minimum atomic E-state index is -0.253. The number of rotatable bonds is 2. The van der Waals surface area contributed by atoms with Crippen molar-refractivity contribution in [3.8, 4) is 0 Å². The molecule has 0 spiro atoms. The van der Waals surface area contributed by atoms with Crippen molar-refractivity contribution in [2.24, 2.45) is 0 Å². The number of amides is 1. The number of ether oxygens (including phenoxy) is 1. The van der Waals surface area contributed by atoms with Crippen molar-refractivity contribution in [2.75, 3.05) is 25.4 Å². The molecule has 24 heavy (non-hydrogen) atoms. The number of nitrogens with zero attached hydrogens (tertiary/aromatic N) is 3. The molecule has 2 aromatic rings. The lowest BCUT2D eigenvalue weighted by molar-refractivity contribution is -0.138. The van der Waals surface area contributed by atoms with Crippen molar-refractivity contribution in [3.05, 3.63) is 47.0 Å². The van der Waals surface area contributed by atoms with Gasteiger partial charge < -0.3 is 9.64 Å². The summed E-state index contributed by atoms with van der Waals surface area (Å²) in [5, 5.41) is 6.91. The van der Waals surface area contributed by atoms with Crippen molar-refractivity contribution in [2.45, 2.75) is 24.7 Å². The fourth-order valence-corrected chi connectivity index (χ4v) is 4.55. The summed E-state index contributed by atoms with van der Waals surface area (Å²) in [6, 6.07) is 8.28. The molecule has 0 unspecified atom stereocenters. The van der Waals surface area contributed by atoms with Gasteiger partial charge in [-0.2, -0.15) is 5.10 Å². The highest BCUT2D eigenvalue weighted by atomic mass is 32.2. The summed E-state index contributed by atoms with van der Waals surface area (Å²) in [6.07, 6.45) is 0.781. The Morgan fingerprint density at radius 2 is 2.29 bits per heavy atom. The summed E-state index contributed by atoms with van der Waals surface area (Å²) >= 11 is 1.74. The highest BCUT2D eigenvalue weighted by molar-refractivity contribution is 8.00. The number of benzene rings is 1. The standard InChI is InChI=1S/C17H20N4O2S/c1-11-18-16(20-19-11)14-10-21(7-8-23-14)17(22)15-13-5-3-2-4-12(13)6-9-24-15/h2-5,14-15H,6-10H2,1H3,(H,18,19,20)/t14-,15-/m0/s1. The molecule has 2 aliphatic rings. The van der Waals surface area contributed by atoms with Gasteiger partial charge in [-0.1, -0.05) is 24.3 Å². The van der Waals surface area contributed by atoms with Crippen LogP contribution in [0.4, 0.5) is 0 Å². The first-order valence-electron chi connectivity index (χ1n) is 8.21. The van der Waals surface area contributed by atoms with Crippen molar-refractivity contribution >= 4 is 17.7 Å². The average molecular weight is 344 g/mol. The third-order valence-electron chi connectivity index (χ3n) is 4.50. The molecule has 4 rings (SSSR count). The maximum absolute atomic E-state index is 13.1. The molecule has 3 heterocycles. The highest BCUT2D eigenvalue weighted by Gasteiger charge is 2.34. The molecular weight excluding hydrogens is 324 g/mol. The Balaban J connectivity index is 1.52. The zero-order chi connectivity index (χ0) is 16.5. The molecule has 7 heteroatoms. The van der Waals surface area contributed by atoms with Crippen LogP contribution in [-0.4, -0.2) is 51.4 Å². The normalized spacial score (nSPS) is 23.8. The quantitative estimate of drug-likeness (QED) is 0.903. The van der Waals surface area contributed by atoms with E-state index >= 15 is 0 Å². The van der Waals surface area contributed by atoms with Gasteiger partial charge in [0.1, 0.15) is 17.2 Å². The number of H-pyrrole nitrogens is 1. The minimum Gasteiger partial charge on any atom is -0.366 e. The molecule has 0 bridgehead atoms. The van der Waals surface area contributed by atoms with Crippen molar-refractivity contribution < 1.29 is 9.53 Å². The number of hydrogen-bond donors (Lipinski definition) is 1. The molecule has 1 fully saturated rings. The summed E-state index contributed by atoms with van der Waals surface area (Å²) in [5.41, 5.74) is 2.46. The smallest absolute Gasteiger partial charge is 0.240 e. The van der Waals surface area contributed by atoms with E-state index in [0.717, 1.165) is 23.6 Å². The summed E-state index contributed by atoms with van der Waals surface area (Å²) in [4.78, 5) is 19.3. The monoisotopic (exact) mass is 344 g/mol. The summed E-state index contributed by atoms with van der Waals surface area (Å²) in [6.45, 7) is 3.51. The highest BCUT2D eigenvalue weighted by Crippen LogP contribution is 2.38. The molecule has 6 nitrogen and oxygen atoms in total. The van der Waals surface area contributed by atoms with E-state index in [4.69, 9.17) is 4.74 Å². The number of thioether (sulfide) groups is 1. The molecule has 1 saturated heterocycles. The predicted octanol–water partition coefficient (Wildman–Crippen LogP) is 2.04. The lowest BCUT2D eigenvalue weighted by Crippen LogP contribution is -2.44. The fourth-order valence-electron chi connectivity index (χ4n) is 3.27. The molecule has 1 amide bonds. The maximum atomic E-state index is 13.1. The van der Waals surface area contributed by atoms with Gasteiger partial charge in [0.2, 0.25) is 5.91 Å². The van der Waals surface area contributed by atoms with Crippen LogP contribution >= 0.6 is 11.8 Å². The van der Waals surface area contributed by atoms with Crippen LogP contribution < -0.4 is 0 Å². The van der Waals surface area contributed by atoms with E-state index < -0.39 is 0 Å². The van der Waals surface area contributed by atoms with E-state index in [2.05, 4.69) is 27.3 Å². The van der Waals surface area contributed by atoms with Gasteiger partial charge in [0.25, 0.3) is 0 Å². The summed E-state index contributed by atoms with van der Waals surface area (Å²) in [5.74, 6) is 2.55. The molecule has 126 valence electrons. The molecule has 1 aromatic heterocycles. The Morgan fingerprint density at radius 1 is 1.42 bits per heavy atom. The number of carbonyl (C=O) groups is 1. The maximum Gasteiger partial charge on any atom is 0.240 e. The largest absolute Gasteiger partial charge is 0.366 e. The Bertz CT molecular complexity index is 748. The zero-order valence-corrected chi connectivity index (χ0v) is 14.4. The van der Waals surface area contributed by atoms with Gasteiger partial charge in [0.05, 0.1) is 13.2 Å². The first-order chi connectivity index (χ1) is 11.7. The molecule has 2 aliphatic heterocycles. The Hall–Kier alpha value is -1.86. The van der Waals surface area contributed by atoms with E-state index in [0.29, 0.717) is 25.5 Å². The van der Waals surface area contributed by atoms with E-state index in [1.54, 1.807) is 11.8 Å². The molecular formula is C17H20N4O2S. The van der Waals surface area contributed by atoms with Crippen LogP contribution in [0.2, 0.25) is 0 Å². The number of aromatic nitrogens is 3. The van der Waals surface area contributed by atoms with Crippen LogP contribution in [0.3, 0.4) is 0 Å². The second-order valence-electron chi connectivity index (χ2n) is 6.12. The van der Waals surface area contributed by atoms with Crippen LogP contribution in [0.15, 0.2) is 24.3 Å². The molecule has 2 atom stereocenters. The van der Waals surface area contributed by atoms with Crippen LogP contribution in [0.25, 0.3) is 0 Å². The fraction of sp³-hybridized carbons (Fsp3) is 0.471. The lowest BCUT2D eigenvalue weighted by atomic mass is 10.0. The number of hydrogen-bond acceptors (Lipinski definition) is 5. The molecule has 0 saturated carbocycles. The number of morpholine rings is 1. The number of aryl methyl sites for hydroxylation is 2. The molecule has 1 N–H and O–H groups in total. The molecule has 1 aromatic carbocycles. The predicted molar refractivity (Wildman–Crippen MR) is 91.7 cm³/mol. The Morgan fingerprint density at radius 3 is 3.12 bits per heavy atom. The van der Waals surface area contributed by atoms with Gasteiger partial charge in [-0.3, -0.25) is 9.89 Å². The second kappa shape index (κ2) is 6.57. The van der Waals surface area contributed by atoms with Crippen molar-refractivity contribution in [3.63, 3.8) is 0 Å². The van der Waals surface area contributed by atoms with E-state index in [9.17, 15) is 4.79 Å². The summed E-state index contributed by atoms with van der Waals surface area (Å²) in [7, 11) is 0. The van der Waals surface area contributed by atoms with Gasteiger partial charge in [-0.05, 0) is 30.2 Å². The van der Waals surface area contributed by atoms with Gasteiger partial charge in [-0.15, -0.1) is 11.8 Å². The van der Waals surface area contributed by atoms with Crippen LogP contribution in [0.1, 0.15) is 34.1 Å². The van der Waals surface area contributed by atoms with Gasteiger partial charge in [0, 0.05) is 6.54 Å². The Kier molecular flexibility index (Phi) is 4.28. The zero-order valence-electron chi connectivity index (χ0n) is 13.6. The van der Waals surface area contributed by atoms with Crippen molar-refractivity contribution in [1.29, 1.82) is 0 Å². The topological polar surface area (TPSA) is 71.1 Å². The number of aromatic amines is 1. The van der Waals surface area contributed by atoms with Crippen LogP contribution in [0.5, 0.6) is 0 Å². The Labute approximate surface area is 145 Å². The second-order valence-corrected chi connectivity index (χ2v) is 7.34. The van der Waals surface area contributed by atoms with E-state index in [1.165, 1.54) is 5.56 Å². The van der Waals surface area contributed by atoms with E-state index in [-0.39, 0.29) is 17.3 Å². The number of nitrogens with one attached hydrogen (secondary N) is 1. The van der Waals surface area contributed by atoms with Crippen LogP contribution in [-0.2, 0) is 16.0 Å². The third-order valence-corrected chi connectivity index (χ3v) is 5.73. The number of carbonyl (C=O) groups excluding carboxylic acids is 1. The first-order valence-corrected chi connectivity index (χ1v) is 9.26. The average Bonchev–Trinajstić information content (AvgIpc) is 3.07. The summed E-state index contributed by atoms with van der Waals surface area (Å²) < 4.78 is 5.77. The third kappa shape index (κ3) is 2.93. The molecule has 0 aliphatic carbocycles. The van der Waals surface area contributed by atoms with Crippen LogP contribution in [0, 0.1) is 6.92 Å². The molecule has 0 radical (unpaired) electrons. The van der Waals surface area contributed by atoms with E-state index in [1.807, 2.05) is 24.0 Å². The first kappa shape index (κ1) is 15.7. The minimum absolute atomic E-state index is 0.109. The van der Waals surface area contributed by atoms with Gasteiger partial charge in [-0.25, -0.2) is 4.98 Å². The van der Waals surface area contributed by atoms with Gasteiger partial charge in [0.15, 0.2) is 5.82 Å².